The Morgan fingerprint density at radius 2 is 1.79 bits per heavy atom. The zero-order valence-corrected chi connectivity index (χ0v) is 12.5. The Labute approximate surface area is 119 Å². The van der Waals surface area contributed by atoms with E-state index in [0.717, 1.165) is 11.3 Å². The van der Waals surface area contributed by atoms with Gasteiger partial charge in [0.2, 0.25) is 0 Å². The van der Waals surface area contributed by atoms with Gasteiger partial charge in [-0.3, -0.25) is 0 Å². The lowest BCUT2D eigenvalue weighted by molar-refractivity contribution is 0.879. The van der Waals surface area contributed by atoms with Crippen molar-refractivity contribution in [2.45, 2.75) is 33.7 Å². The van der Waals surface area contributed by atoms with Crippen LogP contribution in [0.25, 0.3) is 0 Å². The van der Waals surface area contributed by atoms with Gasteiger partial charge in [-0.15, -0.1) is 0 Å². The monoisotopic (exact) mass is 274 g/mol. The molecule has 1 aromatic heterocycles. The molecule has 2 nitrogen and oxygen atoms in total. The third-order valence-electron chi connectivity index (χ3n) is 3.43. The van der Waals surface area contributed by atoms with Crippen molar-refractivity contribution in [2.75, 3.05) is 5.32 Å². The van der Waals surface area contributed by atoms with E-state index in [4.69, 9.17) is 11.6 Å². The van der Waals surface area contributed by atoms with Crippen LogP contribution in [0.15, 0.2) is 30.5 Å². The molecule has 1 atom stereocenters. The minimum absolute atomic E-state index is 0.238. The molecule has 0 radical (unpaired) electrons. The first kappa shape index (κ1) is 13.9. The molecule has 0 spiro atoms. The van der Waals surface area contributed by atoms with E-state index in [1.165, 1.54) is 16.7 Å². The van der Waals surface area contributed by atoms with E-state index in [-0.39, 0.29) is 6.04 Å². The number of nitrogens with one attached hydrogen (secondary N) is 1. The minimum Gasteiger partial charge on any atom is -0.377 e. The first-order valence-corrected chi connectivity index (χ1v) is 6.81. The van der Waals surface area contributed by atoms with Gasteiger partial charge in [0.1, 0.15) is 5.15 Å². The van der Waals surface area contributed by atoms with Gasteiger partial charge >= 0.3 is 0 Å². The van der Waals surface area contributed by atoms with Crippen LogP contribution in [-0.4, -0.2) is 4.98 Å². The molecule has 1 aromatic carbocycles. The Bertz CT molecular complexity index is 593. The first-order valence-electron chi connectivity index (χ1n) is 6.43. The fourth-order valence-electron chi connectivity index (χ4n) is 2.00. The van der Waals surface area contributed by atoms with E-state index in [1.54, 1.807) is 6.20 Å². The molecule has 100 valence electrons. The number of anilines is 1. The maximum absolute atomic E-state index is 5.93. The van der Waals surface area contributed by atoms with Crippen LogP contribution in [0, 0.1) is 20.8 Å². The highest BCUT2D eigenvalue weighted by molar-refractivity contribution is 6.30. The van der Waals surface area contributed by atoms with Crippen molar-refractivity contribution in [1.29, 1.82) is 0 Å². The molecule has 0 saturated heterocycles. The molecule has 0 aliphatic rings. The van der Waals surface area contributed by atoms with Crippen LogP contribution in [0.1, 0.15) is 35.2 Å². The molecule has 2 rings (SSSR count). The number of nitrogens with zero attached hydrogens (tertiary/aromatic N) is 1. The second-order valence-corrected chi connectivity index (χ2v) is 5.40. The van der Waals surface area contributed by atoms with Crippen molar-refractivity contribution in [2.24, 2.45) is 0 Å². The summed E-state index contributed by atoms with van der Waals surface area (Å²) in [5.41, 5.74) is 5.89. The largest absolute Gasteiger partial charge is 0.377 e. The second kappa shape index (κ2) is 5.62. The van der Waals surface area contributed by atoms with E-state index >= 15 is 0 Å². The van der Waals surface area contributed by atoms with E-state index in [9.17, 15) is 0 Å². The summed E-state index contributed by atoms with van der Waals surface area (Å²) >= 11 is 5.93. The number of benzene rings is 1. The van der Waals surface area contributed by atoms with Gasteiger partial charge in [-0.05, 0) is 56.0 Å². The van der Waals surface area contributed by atoms with E-state index in [0.29, 0.717) is 5.15 Å². The molecule has 1 unspecified atom stereocenters. The third-order valence-corrected chi connectivity index (χ3v) is 3.82. The van der Waals surface area contributed by atoms with Crippen LogP contribution in [0.5, 0.6) is 0 Å². The molecule has 1 N–H and O–H groups in total. The molecular formula is C16H19ClN2. The van der Waals surface area contributed by atoms with Gasteiger partial charge in [-0.2, -0.15) is 0 Å². The smallest absolute Gasteiger partial charge is 0.132 e. The number of hydrogen-bond donors (Lipinski definition) is 1. The van der Waals surface area contributed by atoms with Crippen molar-refractivity contribution in [1.82, 2.24) is 4.98 Å². The summed E-state index contributed by atoms with van der Waals surface area (Å²) in [7, 11) is 0. The molecule has 0 amide bonds. The lowest BCUT2D eigenvalue weighted by Gasteiger charge is -2.17. The molecule has 0 saturated carbocycles. The van der Waals surface area contributed by atoms with Crippen molar-refractivity contribution in [3.63, 3.8) is 0 Å². The lowest BCUT2D eigenvalue weighted by Crippen LogP contribution is -2.07. The van der Waals surface area contributed by atoms with Crippen LogP contribution < -0.4 is 5.32 Å². The Morgan fingerprint density at radius 3 is 2.42 bits per heavy atom. The average molecular weight is 275 g/mol. The Hall–Kier alpha value is -1.54. The summed E-state index contributed by atoms with van der Waals surface area (Å²) in [6.07, 6.45) is 1.77. The zero-order valence-electron chi connectivity index (χ0n) is 11.8. The summed E-state index contributed by atoms with van der Waals surface area (Å²) in [6, 6.07) is 8.81. The number of aryl methyl sites for hydroxylation is 3. The number of hydrogen-bond acceptors (Lipinski definition) is 2. The fourth-order valence-corrected chi connectivity index (χ4v) is 2.11. The third kappa shape index (κ3) is 3.27. The van der Waals surface area contributed by atoms with Gasteiger partial charge in [0.05, 0.1) is 11.9 Å². The second-order valence-electron chi connectivity index (χ2n) is 5.04. The van der Waals surface area contributed by atoms with Gasteiger partial charge in [-0.25, -0.2) is 4.98 Å². The highest BCUT2D eigenvalue weighted by Crippen LogP contribution is 2.23. The quantitative estimate of drug-likeness (QED) is 0.811. The molecule has 2 aromatic rings. The Kier molecular flexibility index (Phi) is 4.11. The van der Waals surface area contributed by atoms with E-state index < -0.39 is 0 Å². The predicted octanol–water partition coefficient (Wildman–Crippen LogP) is 4.83. The Balaban J connectivity index is 2.17. The first-order chi connectivity index (χ1) is 8.97. The number of rotatable bonds is 3. The average Bonchev–Trinajstić information content (AvgIpc) is 2.37. The fraction of sp³-hybridized carbons (Fsp3) is 0.312. The number of halogens is 1. The van der Waals surface area contributed by atoms with E-state index in [2.05, 4.69) is 49.3 Å². The van der Waals surface area contributed by atoms with Gasteiger partial charge in [-0.1, -0.05) is 29.8 Å². The lowest BCUT2D eigenvalue weighted by atomic mass is 10.0. The van der Waals surface area contributed by atoms with Crippen LogP contribution in [-0.2, 0) is 0 Å². The van der Waals surface area contributed by atoms with E-state index in [1.807, 2.05) is 13.0 Å². The van der Waals surface area contributed by atoms with Crippen LogP contribution in [0.3, 0.4) is 0 Å². The molecular weight excluding hydrogens is 256 g/mol. The maximum atomic E-state index is 5.93. The topological polar surface area (TPSA) is 24.9 Å². The summed E-state index contributed by atoms with van der Waals surface area (Å²) in [5, 5.41) is 4.01. The SMILES string of the molecule is Cc1ccc(C(C)Nc2cnc(Cl)c(C)c2)cc1C. The maximum Gasteiger partial charge on any atom is 0.132 e. The summed E-state index contributed by atoms with van der Waals surface area (Å²) < 4.78 is 0. The minimum atomic E-state index is 0.238. The van der Waals surface area contributed by atoms with Crippen molar-refractivity contribution >= 4 is 17.3 Å². The van der Waals surface area contributed by atoms with Crippen molar-refractivity contribution < 1.29 is 0 Å². The van der Waals surface area contributed by atoms with Crippen molar-refractivity contribution in [3.8, 4) is 0 Å². The summed E-state index contributed by atoms with van der Waals surface area (Å²) in [4.78, 5) is 4.16. The molecule has 0 aliphatic heterocycles. The van der Waals surface area contributed by atoms with Gasteiger partial charge in [0.25, 0.3) is 0 Å². The Morgan fingerprint density at radius 1 is 1.05 bits per heavy atom. The van der Waals surface area contributed by atoms with Crippen molar-refractivity contribution in [3.05, 3.63) is 57.9 Å². The normalized spacial score (nSPS) is 12.3. The van der Waals surface area contributed by atoms with Gasteiger partial charge < -0.3 is 5.32 Å². The van der Waals surface area contributed by atoms with Crippen LogP contribution in [0.4, 0.5) is 5.69 Å². The highest BCUT2D eigenvalue weighted by atomic mass is 35.5. The predicted molar refractivity (Wildman–Crippen MR) is 81.9 cm³/mol. The standard InChI is InChI=1S/C16H19ClN2/c1-10-5-6-14(7-11(10)2)13(4)19-15-8-12(3)16(17)18-9-15/h5-9,13,19H,1-4H3. The number of aromatic nitrogens is 1. The summed E-state index contributed by atoms with van der Waals surface area (Å²) in [6.45, 7) is 8.37. The van der Waals surface area contributed by atoms with Gasteiger partial charge in [0.15, 0.2) is 0 Å². The molecule has 0 bridgehead atoms. The highest BCUT2D eigenvalue weighted by Gasteiger charge is 2.07. The van der Waals surface area contributed by atoms with Gasteiger partial charge in [0, 0.05) is 6.04 Å². The number of pyridine rings is 1. The zero-order chi connectivity index (χ0) is 14.0. The molecule has 3 heteroatoms. The molecule has 1 heterocycles. The summed E-state index contributed by atoms with van der Waals surface area (Å²) in [5.74, 6) is 0. The molecule has 0 fully saturated rings. The van der Waals surface area contributed by atoms with Crippen LogP contribution in [0.2, 0.25) is 5.15 Å². The van der Waals surface area contributed by atoms with Crippen LogP contribution >= 0.6 is 11.6 Å². The molecule has 19 heavy (non-hydrogen) atoms. The molecule has 0 aliphatic carbocycles.